The fourth-order valence-electron chi connectivity index (χ4n) is 5.42. The normalized spacial score (nSPS) is 25.5. The van der Waals surface area contributed by atoms with E-state index in [4.69, 9.17) is 0 Å². The average molecular weight is 384 g/mol. The van der Waals surface area contributed by atoms with E-state index < -0.39 is 0 Å². The lowest BCUT2D eigenvalue weighted by molar-refractivity contribution is -0.140. The Balaban J connectivity index is 1.39. The molecule has 2 amide bonds. The lowest BCUT2D eigenvalue weighted by Gasteiger charge is -2.50. The molecule has 0 bridgehead atoms. The molecule has 3 aliphatic rings. The van der Waals surface area contributed by atoms with Gasteiger partial charge in [-0.05, 0) is 49.1 Å². The Hall–Kier alpha value is -1.88. The SMILES string of the molecule is CCN1C[C@@H](c2ccccc2)CC2(CCN(C(=O)CN3CCCC3=O)CC2)C1. The first-order valence-corrected chi connectivity index (χ1v) is 10.9. The third kappa shape index (κ3) is 4.09. The number of likely N-dealkylation sites (N-methyl/N-ethyl adjacent to an activating group) is 1. The number of amides is 2. The largest absolute Gasteiger partial charge is 0.341 e. The quantitative estimate of drug-likeness (QED) is 0.803. The molecule has 3 heterocycles. The van der Waals surface area contributed by atoms with Crippen molar-refractivity contribution < 1.29 is 9.59 Å². The van der Waals surface area contributed by atoms with Gasteiger partial charge in [0.15, 0.2) is 0 Å². The second-order valence-electron chi connectivity index (χ2n) is 8.94. The highest BCUT2D eigenvalue weighted by atomic mass is 16.2. The van der Waals surface area contributed by atoms with E-state index in [1.165, 1.54) is 12.0 Å². The lowest BCUT2D eigenvalue weighted by Crippen LogP contribution is -2.53. The van der Waals surface area contributed by atoms with Crippen LogP contribution in [0.5, 0.6) is 0 Å². The van der Waals surface area contributed by atoms with Gasteiger partial charge in [0.25, 0.3) is 0 Å². The highest BCUT2D eigenvalue weighted by molar-refractivity contribution is 5.85. The Morgan fingerprint density at radius 1 is 1.14 bits per heavy atom. The summed E-state index contributed by atoms with van der Waals surface area (Å²) in [6.07, 6.45) is 4.87. The second-order valence-corrected chi connectivity index (χ2v) is 8.94. The van der Waals surface area contributed by atoms with Crippen LogP contribution in [0.15, 0.2) is 30.3 Å². The summed E-state index contributed by atoms with van der Waals surface area (Å²) in [5, 5.41) is 0. The number of piperidine rings is 2. The van der Waals surface area contributed by atoms with Gasteiger partial charge < -0.3 is 14.7 Å². The van der Waals surface area contributed by atoms with Gasteiger partial charge in [-0.2, -0.15) is 0 Å². The average Bonchev–Trinajstić information content (AvgIpc) is 3.13. The van der Waals surface area contributed by atoms with Crippen LogP contribution in [0.1, 0.15) is 50.5 Å². The smallest absolute Gasteiger partial charge is 0.242 e. The summed E-state index contributed by atoms with van der Waals surface area (Å²) in [6, 6.07) is 10.9. The van der Waals surface area contributed by atoms with Crippen LogP contribution < -0.4 is 0 Å². The van der Waals surface area contributed by atoms with Crippen LogP contribution >= 0.6 is 0 Å². The summed E-state index contributed by atoms with van der Waals surface area (Å²) >= 11 is 0. The van der Waals surface area contributed by atoms with Gasteiger partial charge in [0.05, 0.1) is 6.54 Å². The summed E-state index contributed by atoms with van der Waals surface area (Å²) in [4.78, 5) is 30.9. The summed E-state index contributed by atoms with van der Waals surface area (Å²) < 4.78 is 0. The number of benzene rings is 1. The van der Waals surface area contributed by atoms with E-state index in [1.807, 2.05) is 4.90 Å². The van der Waals surface area contributed by atoms with Crippen molar-refractivity contribution in [3.8, 4) is 0 Å². The Kier molecular flexibility index (Phi) is 5.72. The number of rotatable bonds is 4. The number of hydrogen-bond donors (Lipinski definition) is 0. The van der Waals surface area contributed by atoms with E-state index >= 15 is 0 Å². The van der Waals surface area contributed by atoms with Crippen molar-refractivity contribution in [2.45, 2.75) is 44.9 Å². The van der Waals surface area contributed by atoms with Crippen molar-refractivity contribution in [1.29, 1.82) is 0 Å². The number of nitrogens with zero attached hydrogens (tertiary/aromatic N) is 3. The van der Waals surface area contributed by atoms with E-state index in [0.29, 0.717) is 17.8 Å². The van der Waals surface area contributed by atoms with Crippen molar-refractivity contribution in [3.63, 3.8) is 0 Å². The van der Waals surface area contributed by atoms with Gasteiger partial charge in [0.2, 0.25) is 11.8 Å². The minimum Gasteiger partial charge on any atom is -0.341 e. The van der Waals surface area contributed by atoms with E-state index in [9.17, 15) is 9.59 Å². The summed E-state index contributed by atoms with van der Waals surface area (Å²) in [6.45, 7) is 8.32. The molecule has 0 aromatic heterocycles. The van der Waals surface area contributed by atoms with Crippen molar-refractivity contribution in [2.75, 3.05) is 45.8 Å². The molecule has 3 aliphatic heterocycles. The number of hydrogen-bond acceptors (Lipinski definition) is 3. The van der Waals surface area contributed by atoms with Crippen LogP contribution in [0.4, 0.5) is 0 Å². The van der Waals surface area contributed by atoms with Gasteiger partial charge in [-0.25, -0.2) is 0 Å². The summed E-state index contributed by atoms with van der Waals surface area (Å²) in [5.74, 6) is 0.852. The maximum Gasteiger partial charge on any atom is 0.242 e. The molecular weight excluding hydrogens is 350 g/mol. The zero-order valence-electron chi connectivity index (χ0n) is 17.1. The summed E-state index contributed by atoms with van der Waals surface area (Å²) in [5.41, 5.74) is 1.76. The van der Waals surface area contributed by atoms with Gasteiger partial charge in [-0.15, -0.1) is 0 Å². The third-order valence-corrected chi connectivity index (χ3v) is 7.11. The fourth-order valence-corrected chi connectivity index (χ4v) is 5.42. The van der Waals surface area contributed by atoms with E-state index in [-0.39, 0.29) is 18.4 Å². The molecule has 0 N–H and O–H groups in total. The van der Waals surface area contributed by atoms with Crippen molar-refractivity contribution >= 4 is 11.8 Å². The highest BCUT2D eigenvalue weighted by Gasteiger charge is 2.42. The van der Waals surface area contributed by atoms with Gasteiger partial charge in [0.1, 0.15) is 0 Å². The number of carbonyl (C=O) groups excluding carboxylic acids is 2. The zero-order valence-corrected chi connectivity index (χ0v) is 17.1. The predicted octanol–water partition coefficient (Wildman–Crippen LogP) is 2.73. The van der Waals surface area contributed by atoms with Gasteiger partial charge in [-0.3, -0.25) is 9.59 Å². The second kappa shape index (κ2) is 8.24. The number of likely N-dealkylation sites (tertiary alicyclic amines) is 3. The monoisotopic (exact) mass is 383 g/mol. The van der Waals surface area contributed by atoms with Crippen LogP contribution in [-0.4, -0.2) is 72.3 Å². The van der Waals surface area contributed by atoms with Crippen molar-refractivity contribution in [3.05, 3.63) is 35.9 Å². The molecule has 0 aliphatic carbocycles. The lowest BCUT2D eigenvalue weighted by atomic mass is 9.68. The van der Waals surface area contributed by atoms with Gasteiger partial charge >= 0.3 is 0 Å². The molecule has 4 rings (SSSR count). The molecule has 0 saturated carbocycles. The van der Waals surface area contributed by atoms with Gasteiger partial charge in [0, 0.05) is 39.1 Å². The van der Waals surface area contributed by atoms with Crippen LogP contribution in [-0.2, 0) is 9.59 Å². The first-order chi connectivity index (χ1) is 13.6. The van der Waals surface area contributed by atoms with Gasteiger partial charge in [-0.1, -0.05) is 37.3 Å². The molecule has 152 valence electrons. The molecule has 5 heteroatoms. The molecule has 1 spiro atoms. The van der Waals surface area contributed by atoms with Crippen LogP contribution in [0, 0.1) is 5.41 Å². The molecule has 0 unspecified atom stereocenters. The predicted molar refractivity (Wildman–Crippen MR) is 110 cm³/mol. The summed E-state index contributed by atoms with van der Waals surface area (Å²) in [7, 11) is 0. The first kappa shape index (κ1) is 19.4. The minimum absolute atomic E-state index is 0.132. The van der Waals surface area contributed by atoms with Crippen LogP contribution in [0.3, 0.4) is 0 Å². The molecule has 5 nitrogen and oxygen atoms in total. The molecule has 0 radical (unpaired) electrons. The molecule has 1 atom stereocenters. The van der Waals surface area contributed by atoms with E-state index in [0.717, 1.165) is 58.5 Å². The Bertz CT molecular complexity index is 697. The molecule has 1 aromatic rings. The van der Waals surface area contributed by atoms with E-state index in [2.05, 4.69) is 42.2 Å². The molecule has 3 fully saturated rings. The molecule has 28 heavy (non-hydrogen) atoms. The molecular formula is C23H33N3O2. The van der Waals surface area contributed by atoms with Crippen LogP contribution in [0.2, 0.25) is 0 Å². The minimum atomic E-state index is 0.132. The highest BCUT2D eigenvalue weighted by Crippen LogP contribution is 2.45. The van der Waals surface area contributed by atoms with Crippen LogP contribution in [0.25, 0.3) is 0 Å². The number of carbonyl (C=O) groups is 2. The maximum atomic E-state index is 12.7. The molecule has 3 saturated heterocycles. The van der Waals surface area contributed by atoms with E-state index in [1.54, 1.807) is 4.90 Å². The maximum absolute atomic E-state index is 12.7. The third-order valence-electron chi connectivity index (χ3n) is 7.11. The fraction of sp³-hybridized carbons (Fsp3) is 0.652. The Morgan fingerprint density at radius 2 is 1.89 bits per heavy atom. The Morgan fingerprint density at radius 3 is 2.54 bits per heavy atom. The standard InChI is InChI=1S/C23H33N3O2/c1-2-24-16-20(19-7-4-3-5-8-19)15-23(18-24)10-13-25(14-11-23)22(28)17-26-12-6-9-21(26)27/h3-5,7-8,20H,2,6,9-18H2,1H3/t20-/m0/s1. The zero-order chi connectivity index (χ0) is 19.6. The van der Waals surface area contributed by atoms with Crippen molar-refractivity contribution in [2.24, 2.45) is 5.41 Å². The topological polar surface area (TPSA) is 43.9 Å². The Labute approximate surface area is 168 Å². The van der Waals surface area contributed by atoms with Crippen molar-refractivity contribution in [1.82, 2.24) is 14.7 Å². The first-order valence-electron chi connectivity index (χ1n) is 10.9. The molecule has 1 aromatic carbocycles.